The van der Waals surface area contributed by atoms with Crippen molar-refractivity contribution in [2.45, 2.75) is 50.9 Å². The van der Waals surface area contributed by atoms with Gasteiger partial charge in [-0.25, -0.2) is 4.98 Å². The molecule has 1 fully saturated rings. The van der Waals surface area contributed by atoms with E-state index in [1.54, 1.807) is 13.3 Å². The summed E-state index contributed by atoms with van der Waals surface area (Å²) in [6.07, 6.45) is 6.58. The Balaban J connectivity index is 1.98. The standard InChI is InChI=1S/C14H22N2O2/c1-10(15)11-6-7-16-14(8-11)18-13-5-3-4-12(9-13)17-2/h6-8,10,12-13H,3-5,9,15H2,1-2H3/t10-,12?,13?/m0/s1. The molecule has 1 aliphatic carbocycles. The Kier molecular flexibility index (Phi) is 4.55. The molecule has 0 amide bonds. The third-order valence-corrected chi connectivity index (χ3v) is 3.48. The summed E-state index contributed by atoms with van der Waals surface area (Å²) in [6, 6.07) is 3.87. The number of aromatic nitrogens is 1. The van der Waals surface area contributed by atoms with Gasteiger partial charge in [0.15, 0.2) is 0 Å². The summed E-state index contributed by atoms with van der Waals surface area (Å²) in [4.78, 5) is 4.25. The zero-order valence-corrected chi connectivity index (χ0v) is 11.1. The van der Waals surface area contributed by atoms with Crippen molar-refractivity contribution in [1.82, 2.24) is 4.98 Å². The van der Waals surface area contributed by atoms with Crippen LogP contribution in [0.25, 0.3) is 0 Å². The van der Waals surface area contributed by atoms with E-state index in [1.165, 1.54) is 0 Å². The van der Waals surface area contributed by atoms with Crippen molar-refractivity contribution in [3.05, 3.63) is 23.9 Å². The van der Waals surface area contributed by atoms with Crippen molar-refractivity contribution in [1.29, 1.82) is 0 Å². The third-order valence-electron chi connectivity index (χ3n) is 3.48. The minimum absolute atomic E-state index is 0.00781. The maximum atomic E-state index is 5.93. The number of hydrogen-bond acceptors (Lipinski definition) is 4. The van der Waals surface area contributed by atoms with Crippen molar-refractivity contribution >= 4 is 0 Å². The molecular formula is C14H22N2O2. The van der Waals surface area contributed by atoms with E-state index in [0.29, 0.717) is 12.0 Å². The minimum atomic E-state index is 0.00781. The normalized spacial score (nSPS) is 25.7. The molecule has 0 saturated heterocycles. The van der Waals surface area contributed by atoms with Gasteiger partial charge in [-0.1, -0.05) is 0 Å². The van der Waals surface area contributed by atoms with Crippen LogP contribution in [0.1, 0.15) is 44.2 Å². The lowest BCUT2D eigenvalue weighted by atomic mass is 9.95. The maximum Gasteiger partial charge on any atom is 0.213 e. The summed E-state index contributed by atoms with van der Waals surface area (Å²) >= 11 is 0. The van der Waals surface area contributed by atoms with Crippen molar-refractivity contribution in [3.63, 3.8) is 0 Å². The first-order valence-electron chi connectivity index (χ1n) is 6.60. The highest BCUT2D eigenvalue weighted by molar-refractivity contribution is 5.23. The predicted octanol–water partition coefficient (Wildman–Crippen LogP) is 2.44. The number of methoxy groups -OCH3 is 1. The monoisotopic (exact) mass is 250 g/mol. The summed E-state index contributed by atoms with van der Waals surface area (Å²) in [5.41, 5.74) is 6.91. The molecule has 3 atom stereocenters. The van der Waals surface area contributed by atoms with Crippen LogP contribution >= 0.6 is 0 Å². The lowest BCUT2D eigenvalue weighted by molar-refractivity contribution is 0.0195. The average Bonchev–Trinajstić information content (AvgIpc) is 2.39. The van der Waals surface area contributed by atoms with Gasteiger partial charge in [0.1, 0.15) is 6.10 Å². The molecule has 0 aromatic carbocycles. The number of nitrogens with zero attached hydrogens (tertiary/aromatic N) is 1. The molecule has 2 rings (SSSR count). The summed E-state index contributed by atoms with van der Waals surface area (Å²) < 4.78 is 11.3. The van der Waals surface area contributed by atoms with E-state index in [9.17, 15) is 0 Å². The molecule has 0 aliphatic heterocycles. The van der Waals surface area contributed by atoms with Crippen LogP contribution in [-0.2, 0) is 4.74 Å². The first-order chi connectivity index (χ1) is 8.69. The number of pyridine rings is 1. The molecule has 0 spiro atoms. The molecule has 100 valence electrons. The van der Waals surface area contributed by atoms with Crippen LogP contribution in [0.2, 0.25) is 0 Å². The molecule has 18 heavy (non-hydrogen) atoms. The molecule has 1 aromatic heterocycles. The van der Waals surface area contributed by atoms with Gasteiger partial charge < -0.3 is 15.2 Å². The van der Waals surface area contributed by atoms with Gasteiger partial charge in [0.05, 0.1) is 6.10 Å². The Morgan fingerprint density at radius 2 is 2.17 bits per heavy atom. The maximum absolute atomic E-state index is 5.93. The van der Waals surface area contributed by atoms with E-state index >= 15 is 0 Å². The fraction of sp³-hybridized carbons (Fsp3) is 0.643. The van der Waals surface area contributed by atoms with Gasteiger partial charge in [-0.2, -0.15) is 0 Å². The Bertz CT molecular complexity index is 382. The van der Waals surface area contributed by atoms with Crippen LogP contribution in [0.4, 0.5) is 0 Å². The highest BCUT2D eigenvalue weighted by Crippen LogP contribution is 2.25. The molecule has 4 heteroatoms. The Morgan fingerprint density at radius 3 is 2.89 bits per heavy atom. The van der Waals surface area contributed by atoms with Crippen LogP contribution < -0.4 is 10.5 Å². The predicted molar refractivity (Wildman–Crippen MR) is 70.5 cm³/mol. The van der Waals surface area contributed by atoms with Crippen molar-refractivity contribution in [2.75, 3.05) is 7.11 Å². The summed E-state index contributed by atoms with van der Waals surface area (Å²) in [6.45, 7) is 1.96. The van der Waals surface area contributed by atoms with Gasteiger partial charge in [-0.05, 0) is 37.8 Å². The second kappa shape index (κ2) is 6.16. The molecule has 1 saturated carbocycles. The molecule has 1 heterocycles. The van der Waals surface area contributed by atoms with Crippen molar-refractivity contribution in [2.24, 2.45) is 5.73 Å². The van der Waals surface area contributed by atoms with Gasteiger partial charge in [0.2, 0.25) is 5.88 Å². The first-order valence-corrected chi connectivity index (χ1v) is 6.60. The van der Waals surface area contributed by atoms with Crippen LogP contribution in [0.5, 0.6) is 5.88 Å². The molecule has 0 radical (unpaired) electrons. The molecule has 2 N–H and O–H groups in total. The molecule has 1 aromatic rings. The number of nitrogens with two attached hydrogens (primary N) is 1. The first kappa shape index (κ1) is 13.3. The smallest absolute Gasteiger partial charge is 0.213 e. The van der Waals surface area contributed by atoms with E-state index < -0.39 is 0 Å². The number of ether oxygens (including phenoxy) is 2. The molecule has 4 nitrogen and oxygen atoms in total. The van der Waals surface area contributed by atoms with Gasteiger partial charge in [-0.15, -0.1) is 0 Å². The van der Waals surface area contributed by atoms with E-state index in [2.05, 4.69) is 4.98 Å². The van der Waals surface area contributed by atoms with E-state index in [1.807, 2.05) is 19.1 Å². The zero-order chi connectivity index (χ0) is 13.0. The summed E-state index contributed by atoms with van der Waals surface area (Å²) in [7, 11) is 1.77. The molecule has 0 bridgehead atoms. The minimum Gasteiger partial charge on any atom is -0.474 e. The summed E-state index contributed by atoms with van der Waals surface area (Å²) in [5, 5.41) is 0. The summed E-state index contributed by atoms with van der Waals surface area (Å²) in [5.74, 6) is 0.673. The molecule has 2 unspecified atom stereocenters. The van der Waals surface area contributed by atoms with Crippen LogP contribution in [-0.4, -0.2) is 24.3 Å². The lowest BCUT2D eigenvalue weighted by Crippen LogP contribution is -2.29. The van der Waals surface area contributed by atoms with Crippen molar-refractivity contribution in [3.8, 4) is 5.88 Å². The fourth-order valence-electron chi connectivity index (χ4n) is 2.37. The topological polar surface area (TPSA) is 57.4 Å². The third kappa shape index (κ3) is 3.43. The van der Waals surface area contributed by atoms with Crippen LogP contribution in [0, 0.1) is 0 Å². The molecular weight excluding hydrogens is 228 g/mol. The van der Waals surface area contributed by atoms with Gasteiger partial charge in [0, 0.05) is 31.8 Å². The Hall–Kier alpha value is -1.13. The average molecular weight is 250 g/mol. The number of hydrogen-bond donors (Lipinski definition) is 1. The van der Waals surface area contributed by atoms with Crippen molar-refractivity contribution < 1.29 is 9.47 Å². The van der Waals surface area contributed by atoms with Gasteiger partial charge >= 0.3 is 0 Å². The second-order valence-corrected chi connectivity index (χ2v) is 4.98. The Labute approximate surface area is 108 Å². The zero-order valence-electron chi connectivity index (χ0n) is 11.1. The highest BCUT2D eigenvalue weighted by Gasteiger charge is 2.23. The highest BCUT2D eigenvalue weighted by atomic mass is 16.5. The van der Waals surface area contributed by atoms with E-state index in [-0.39, 0.29) is 12.1 Å². The quantitative estimate of drug-likeness (QED) is 0.891. The largest absolute Gasteiger partial charge is 0.474 e. The second-order valence-electron chi connectivity index (χ2n) is 4.98. The van der Waals surface area contributed by atoms with Gasteiger partial charge in [-0.3, -0.25) is 0 Å². The van der Waals surface area contributed by atoms with Crippen LogP contribution in [0.3, 0.4) is 0 Å². The SMILES string of the molecule is COC1CCCC(Oc2cc([C@H](C)N)ccn2)C1. The lowest BCUT2D eigenvalue weighted by Gasteiger charge is -2.28. The van der Waals surface area contributed by atoms with E-state index in [0.717, 1.165) is 31.2 Å². The van der Waals surface area contributed by atoms with E-state index in [4.69, 9.17) is 15.2 Å². The van der Waals surface area contributed by atoms with Gasteiger partial charge in [0.25, 0.3) is 0 Å². The fourth-order valence-corrected chi connectivity index (χ4v) is 2.37. The number of rotatable bonds is 4. The Morgan fingerprint density at radius 1 is 1.39 bits per heavy atom. The molecule has 1 aliphatic rings. The van der Waals surface area contributed by atoms with Crippen LogP contribution in [0.15, 0.2) is 18.3 Å².